The molecule has 0 saturated carbocycles. The van der Waals surface area contributed by atoms with E-state index in [1.165, 1.54) is 9.80 Å². The maximum atomic E-state index is 9.43. The van der Waals surface area contributed by atoms with Crippen LogP contribution in [0.2, 0.25) is 0 Å². The van der Waals surface area contributed by atoms with Crippen molar-refractivity contribution < 1.29 is 19.1 Å². The number of ether oxygens (including phenoxy) is 2. The minimum absolute atomic E-state index is 0.0914. The number of hydrazone groups is 2. The lowest BCUT2D eigenvalue weighted by atomic mass is 10.2. The normalized spacial score (nSPS) is 9.68. The Kier molecular flexibility index (Phi) is 18.5. The van der Waals surface area contributed by atoms with Crippen LogP contribution in [0.15, 0.2) is 58.7 Å². The molecule has 0 fully saturated rings. The van der Waals surface area contributed by atoms with Gasteiger partial charge in [-0.3, -0.25) is 20.4 Å². The highest BCUT2D eigenvalue weighted by atomic mass is 32.1. The van der Waals surface area contributed by atoms with Crippen LogP contribution in [0, 0.1) is 0 Å². The molecule has 0 aromatic heterocycles. The fourth-order valence-corrected chi connectivity index (χ4v) is 2.18. The van der Waals surface area contributed by atoms with Crippen molar-refractivity contribution >= 4 is 59.9 Å². The summed E-state index contributed by atoms with van der Waals surface area (Å²) in [5.74, 6) is 1.32. The number of nitrogens with two attached hydrogens (primary N) is 2. The van der Waals surface area contributed by atoms with Gasteiger partial charge in [-0.1, -0.05) is 24.3 Å². The first-order valence-corrected chi connectivity index (χ1v) is 11.8. The van der Waals surface area contributed by atoms with E-state index in [9.17, 15) is 9.59 Å². The van der Waals surface area contributed by atoms with E-state index in [0.29, 0.717) is 24.7 Å². The molecule has 0 atom stereocenters. The third-order valence-electron chi connectivity index (χ3n) is 3.61. The van der Waals surface area contributed by atoms with Crippen molar-refractivity contribution in [1.29, 1.82) is 0 Å². The molecule has 6 N–H and O–H groups in total. The van der Waals surface area contributed by atoms with Crippen LogP contribution in [-0.2, 0) is 9.59 Å². The molecule has 0 aliphatic carbocycles. The Morgan fingerprint density at radius 1 is 0.763 bits per heavy atom. The summed E-state index contributed by atoms with van der Waals surface area (Å²) in [5, 5.41) is 8.06. The van der Waals surface area contributed by atoms with Gasteiger partial charge in [-0.2, -0.15) is 10.2 Å². The number of hydrogen-bond acceptors (Lipinski definition) is 8. The van der Waals surface area contributed by atoms with Crippen molar-refractivity contribution in [3.05, 3.63) is 59.7 Å². The van der Waals surface area contributed by atoms with Gasteiger partial charge >= 0.3 is 0 Å². The van der Waals surface area contributed by atoms with Gasteiger partial charge in [0.1, 0.15) is 24.7 Å². The molecule has 0 bridgehead atoms. The maximum Gasteiger partial charge on any atom is 0.209 e. The van der Waals surface area contributed by atoms with Crippen LogP contribution in [-0.4, -0.2) is 86.7 Å². The molecule has 0 unspecified atom stereocenters. The quantitative estimate of drug-likeness (QED) is 0.102. The number of benzene rings is 2. The van der Waals surface area contributed by atoms with Crippen molar-refractivity contribution in [3.8, 4) is 11.5 Å². The fraction of sp³-hybridized carbons (Fsp3) is 0.250. The molecule has 0 aliphatic rings. The monoisotopic (exact) mass is 562 g/mol. The van der Waals surface area contributed by atoms with E-state index in [1.54, 1.807) is 40.6 Å². The Hall–Kier alpha value is -4.30. The van der Waals surface area contributed by atoms with Gasteiger partial charge in [0, 0.05) is 39.3 Å². The van der Waals surface area contributed by atoms with E-state index in [-0.39, 0.29) is 10.2 Å². The fourth-order valence-electron chi connectivity index (χ4n) is 2.07. The molecule has 0 aliphatic heterocycles. The number of para-hydroxylation sites is 2. The van der Waals surface area contributed by atoms with Gasteiger partial charge in [0.15, 0.2) is 10.2 Å². The Bertz CT molecular complexity index is 982. The number of hydrogen-bond donors (Lipinski definition) is 4. The topological polar surface area (TPSA) is 160 Å². The molecule has 0 heterocycles. The number of carbonyl (C=O) groups is 2. The second-order valence-corrected chi connectivity index (χ2v) is 8.26. The maximum absolute atomic E-state index is 9.43. The van der Waals surface area contributed by atoms with Gasteiger partial charge in [-0.05, 0) is 48.7 Å². The first-order valence-electron chi connectivity index (χ1n) is 10.9. The highest BCUT2D eigenvalue weighted by Crippen LogP contribution is 2.17. The lowest BCUT2D eigenvalue weighted by molar-refractivity contribution is -0.116. The molecule has 2 aromatic carbocycles. The molecule has 38 heavy (non-hydrogen) atoms. The van der Waals surface area contributed by atoms with Crippen molar-refractivity contribution in [2.24, 2.45) is 21.7 Å². The summed E-state index contributed by atoms with van der Waals surface area (Å²) in [4.78, 5) is 21.8. The van der Waals surface area contributed by atoms with Gasteiger partial charge in [0.25, 0.3) is 0 Å². The molecule has 2 aromatic rings. The molecule has 2 rings (SSSR count). The molecule has 12 nitrogen and oxygen atoms in total. The molecule has 2 amide bonds. The summed E-state index contributed by atoms with van der Waals surface area (Å²) < 4.78 is 11.6. The van der Waals surface area contributed by atoms with E-state index in [0.717, 1.165) is 23.9 Å². The lowest BCUT2D eigenvalue weighted by Gasteiger charge is -2.11. The third-order valence-corrected chi connectivity index (χ3v) is 3.80. The largest absolute Gasteiger partial charge is 0.489 e. The molecule has 206 valence electrons. The Balaban J connectivity index is 0.00000116. The van der Waals surface area contributed by atoms with Crippen LogP contribution >= 0.6 is 24.4 Å². The summed E-state index contributed by atoms with van der Waals surface area (Å²) in [6.07, 6.45) is 4.66. The molecule has 0 radical (unpaired) electrons. The molecule has 0 spiro atoms. The van der Waals surface area contributed by atoms with Crippen molar-refractivity contribution in [3.63, 3.8) is 0 Å². The summed E-state index contributed by atoms with van der Waals surface area (Å²) in [5.41, 5.74) is 17.2. The van der Waals surface area contributed by atoms with Crippen LogP contribution in [0.5, 0.6) is 11.5 Å². The lowest BCUT2D eigenvalue weighted by Crippen LogP contribution is -2.24. The number of nitrogens with one attached hydrogen (secondary N) is 2. The van der Waals surface area contributed by atoms with Crippen molar-refractivity contribution in [1.82, 2.24) is 20.7 Å². The van der Waals surface area contributed by atoms with E-state index in [2.05, 4.69) is 21.1 Å². The summed E-state index contributed by atoms with van der Waals surface area (Å²) >= 11 is 9.41. The smallest absolute Gasteiger partial charge is 0.209 e. The minimum Gasteiger partial charge on any atom is -0.489 e. The predicted molar refractivity (Wildman–Crippen MR) is 158 cm³/mol. The van der Waals surface area contributed by atoms with Gasteiger partial charge in [0.2, 0.25) is 12.8 Å². The van der Waals surface area contributed by atoms with Crippen LogP contribution in [0.1, 0.15) is 11.1 Å². The summed E-state index contributed by atoms with van der Waals surface area (Å²) in [6.45, 7) is 0.675. The van der Waals surface area contributed by atoms with Gasteiger partial charge in [-0.25, -0.2) is 0 Å². The third kappa shape index (κ3) is 18.0. The van der Waals surface area contributed by atoms with E-state index in [1.807, 2.05) is 48.5 Å². The van der Waals surface area contributed by atoms with Crippen LogP contribution in [0.3, 0.4) is 0 Å². The Labute approximate surface area is 233 Å². The highest BCUT2D eigenvalue weighted by molar-refractivity contribution is 7.80. The van der Waals surface area contributed by atoms with Gasteiger partial charge < -0.3 is 30.7 Å². The zero-order valence-corrected chi connectivity index (χ0v) is 23.4. The van der Waals surface area contributed by atoms with Gasteiger partial charge in [-0.15, -0.1) is 0 Å². The van der Waals surface area contributed by atoms with E-state index < -0.39 is 0 Å². The molecular weight excluding hydrogens is 528 g/mol. The Morgan fingerprint density at radius 3 is 1.37 bits per heavy atom. The average molecular weight is 563 g/mol. The predicted octanol–water partition coefficient (Wildman–Crippen LogP) is 0.887. The van der Waals surface area contributed by atoms with Crippen molar-refractivity contribution in [2.45, 2.75) is 0 Å². The number of amides is 2. The van der Waals surface area contributed by atoms with E-state index >= 15 is 0 Å². The minimum atomic E-state index is 0.0914. The second kappa shape index (κ2) is 20.8. The Morgan fingerprint density at radius 2 is 1.08 bits per heavy atom. The number of nitrogens with zero attached hydrogens (tertiary/aromatic N) is 4. The zero-order chi connectivity index (χ0) is 28.8. The van der Waals surface area contributed by atoms with Crippen LogP contribution in [0.4, 0.5) is 0 Å². The average Bonchev–Trinajstić information content (AvgIpc) is 2.88. The SMILES string of the molecule is CN(C)C=O.CN(C)C=O.NC(=S)N/N=C/c1ccccc1OCCOc1ccccc1/C=N/NC(N)=S. The van der Waals surface area contributed by atoms with Gasteiger partial charge in [0.05, 0.1) is 12.4 Å². The van der Waals surface area contributed by atoms with E-state index in [4.69, 9.17) is 45.4 Å². The van der Waals surface area contributed by atoms with Crippen molar-refractivity contribution in [2.75, 3.05) is 41.4 Å². The zero-order valence-electron chi connectivity index (χ0n) is 21.7. The van der Waals surface area contributed by atoms with Crippen LogP contribution < -0.4 is 31.8 Å². The number of thiocarbonyl (C=S) groups is 2. The molecular formula is C24H34N8O4S2. The summed E-state index contributed by atoms with van der Waals surface area (Å²) in [7, 11) is 6.75. The molecule has 0 saturated heterocycles. The number of carbonyl (C=O) groups excluding carboxylic acids is 2. The summed E-state index contributed by atoms with van der Waals surface area (Å²) in [6, 6.07) is 14.9. The second-order valence-electron chi connectivity index (χ2n) is 7.38. The van der Waals surface area contributed by atoms with Crippen LogP contribution in [0.25, 0.3) is 0 Å². The molecule has 14 heteroatoms. The number of rotatable bonds is 11. The standard InChI is InChI=1S/C18H20N6O2S2.2C3H7NO/c19-17(27)23-21-11-13-5-1-3-7-15(13)25-9-10-26-16-8-4-2-6-14(16)12-22-24-18(20)28;2*1-4(2)3-5/h1-8,11-12H,9-10H2,(H3,19,23,27)(H3,20,24,28);2*3H,1-2H3/b21-11+,22-12+;;. The first-order chi connectivity index (χ1) is 18.1. The highest BCUT2D eigenvalue weighted by Gasteiger charge is 2.03. The first kappa shape index (κ1) is 33.7.